The van der Waals surface area contributed by atoms with Crippen molar-refractivity contribution in [2.24, 2.45) is 0 Å². The quantitative estimate of drug-likeness (QED) is 0.732. The minimum Gasteiger partial charge on any atom is -0.465 e. The Bertz CT molecular complexity index is 294. The highest BCUT2D eigenvalue weighted by Gasteiger charge is 2.33. The summed E-state index contributed by atoms with van der Waals surface area (Å²) in [5, 5.41) is 3.20. The number of rotatable bonds is 6. The van der Waals surface area contributed by atoms with Crippen molar-refractivity contribution >= 4 is 5.97 Å². The zero-order valence-electron chi connectivity index (χ0n) is 12.9. The molecule has 2 unspecified atom stereocenters. The lowest BCUT2D eigenvalue weighted by Gasteiger charge is -2.42. The van der Waals surface area contributed by atoms with Gasteiger partial charge >= 0.3 is 5.97 Å². The third-order valence-corrected chi connectivity index (χ3v) is 3.10. The maximum Gasteiger partial charge on any atom is 0.324 e. The van der Waals surface area contributed by atoms with E-state index >= 15 is 0 Å². The Labute approximate surface area is 116 Å². The second-order valence-corrected chi connectivity index (χ2v) is 5.74. The zero-order chi connectivity index (χ0) is 14.5. The number of esters is 1. The Kier molecular flexibility index (Phi) is 6.23. The molecule has 1 saturated heterocycles. The summed E-state index contributed by atoms with van der Waals surface area (Å²) in [6.45, 7) is 13.6. The normalized spacial score (nSPS) is 25.0. The van der Waals surface area contributed by atoms with Gasteiger partial charge in [0, 0.05) is 19.6 Å². The third-order valence-electron chi connectivity index (χ3n) is 3.10. The summed E-state index contributed by atoms with van der Waals surface area (Å²) in [6, 6.07) is -0.258. The summed E-state index contributed by atoms with van der Waals surface area (Å²) in [7, 11) is 0. The van der Waals surface area contributed by atoms with Crippen molar-refractivity contribution in [3.63, 3.8) is 0 Å². The summed E-state index contributed by atoms with van der Waals surface area (Å²) in [4.78, 5) is 14.2. The van der Waals surface area contributed by atoms with Crippen molar-refractivity contribution in [2.45, 2.75) is 52.4 Å². The largest absolute Gasteiger partial charge is 0.465 e. The van der Waals surface area contributed by atoms with Crippen molar-refractivity contribution in [2.75, 3.05) is 32.8 Å². The van der Waals surface area contributed by atoms with Crippen molar-refractivity contribution in [1.29, 1.82) is 0 Å². The molecule has 19 heavy (non-hydrogen) atoms. The molecule has 0 bridgehead atoms. The molecule has 0 aromatic rings. The molecule has 1 N–H and O–H groups in total. The predicted octanol–water partition coefficient (Wildman–Crippen LogP) is 1.03. The molecule has 1 heterocycles. The van der Waals surface area contributed by atoms with Crippen LogP contribution in [0.5, 0.6) is 0 Å². The molecular weight excluding hydrogens is 244 g/mol. The van der Waals surface area contributed by atoms with E-state index in [1.807, 2.05) is 13.8 Å². The van der Waals surface area contributed by atoms with E-state index < -0.39 is 0 Å². The lowest BCUT2D eigenvalue weighted by Crippen LogP contribution is -2.56. The highest BCUT2D eigenvalue weighted by molar-refractivity contribution is 5.76. The van der Waals surface area contributed by atoms with Gasteiger partial charge in [-0.25, -0.2) is 0 Å². The van der Waals surface area contributed by atoms with Gasteiger partial charge in [0.15, 0.2) is 0 Å². The molecule has 0 aromatic carbocycles. The van der Waals surface area contributed by atoms with E-state index in [1.165, 1.54) is 0 Å². The Balaban J connectivity index is 2.60. The SMILES string of the molecule is CCNC(CN1CC(C)OC(C)(C)C1)C(=O)OCC. The van der Waals surface area contributed by atoms with Crippen LogP contribution in [0.15, 0.2) is 0 Å². The number of ether oxygens (including phenoxy) is 2. The maximum absolute atomic E-state index is 11.9. The molecular formula is C14H28N2O3. The van der Waals surface area contributed by atoms with Gasteiger partial charge < -0.3 is 14.8 Å². The van der Waals surface area contributed by atoms with Crippen LogP contribution in [0.1, 0.15) is 34.6 Å². The van der Waals surface area contributed by atoms with Gasteiger partial charge in [0.2, 0.25) is 0 Å². The van der Waals surface area contributed by atoms with E-state index in [4.69, 9.17) is 9.47 Å². The molecule has 1 aliphatic heterocycles. The molecule has 0 aromatic heterocycles. The number of carbonyl (C=O) groups is 1. The average Bonchev–Trinajstić information content (AvgIpc) is 2.26. The van der Waals surface area contributed by atoms with Gasteiger partial charge in [-0.2, -0.15) is 0 Å². The fourth-order valence-electron chi connectivity index (χ4n) is 2.69. The van der Waals surface area contributed by atoms with Gasteiger partial charge in [0.05, 0.1) is 18.3 Å². The maximum atomic E-state index is 11.9. The van der Waals surface area contributed by atoms with E-state index in [9.17, 15) is 4.79 Å². The fraction of sp³-hybridized carbons (Fsp3) is 0.929. The first-order chi connectivity index (χ1) is 8.88. The standard InChI is InChI=1S/C14H28N2O3/c1-6-15-12(13(17)18-7-2)9-16-8-11(3)19-14(4,5)10-16/h11-12,15H,6-10H2,1-5H3. The van der Waals surface area contributed by atoms with E-state index in [-0.39, 0.29) is 23.7 Å². The van der Waals surface area contributed by atoms with Gasteiger partial charge in [-0.1, -0.05) is 6.92 Å². The molecule has 0 aliphatic carbocycles. The van der Waals surface area contributed by atoms with Gasteiger partial charge in [0.25, 0.3) is 0 Å². The molecule has 1 rings (SSSR count). The Morgan fingerprint density at radius 3 is 2.74 bits per heavy atom. The highest BCUT2D eigenvalue weighted by atomic mass is 16.5. The molecule has 1 fully saturated rings. The van der Waals surface area contributed by atoms with Crippen LogP contribution in [0.25, 0.3) is 0 Å². The summed E-state index contributed by atoms with van der Waals surface area (Å²) in [6.07, 6.45) is 0.188. The van der Waals surface area contributed by atoms with Crippen molar-refractivity contribution < 1.29 is 14.3 Å². The number of nitrogens with one attached hydrogen (secondary N) is 1. The van der Waals surface area contributed by atoms with Crippen LogP contribution in [0.2, 0.25) is 0 Å². The van der Waals surface area contributed by atoms with Gasteiger partial charge in [0.1, 0.15) is 6.04 Å². The summed E-state index contributed by atoms with van der Waals surface area (Å²) in [5.41, 5.74) is -0.164. The van der Waals surface area contributed by atoms with Gasteiger partial charge in [-0.15, -0.1) is 0 Å². The minimum atomic E-state index is -0.258. The molecule has 112 valence electrons. The van der Waals surface area contributed by atoms with E-state index in [1.54, 1.807) is 0 Å². The molecule has 0 spiro atoms. The van der Waals surface area contributed by atoms with Crippen LogP contribution in [-0.2, 0) is 14.3 Å². The first-order valence-electron chi connectivity index (χ1n) is 7.18. The molecule has 2 atom stereocenters. The topological polar surface area (TPSA) is 50.8 Å². The van der Waals surface area contributed by atoms with E-state index in [0.717, 1.165) is 19.6 Å². The minimum absolute atomic E-state index is 0.164. The molecule has 5 nitrogen and oxygen atoms in total. The lowest BCUT2D eigenvalue weighted by molar-refractivity contribution is -0.150. The zero-order valence-corrected chi connectivity index (χ0v) is 12.9. The molecule has 5 heteroatoms. The number of hydrogen-bond acceptors (Lipinski definition) is 5. The molecule has 1 aliphatic rings. The Hall–Kier alpha value is -0.650. The molecule has 0 amide bonds. The second-order valence-electron chi connectivity index (χ2n) is 5.74. The number of nitrogens with zero attached hydrogens (tertiary/aromatic N) is 1. The number of morpholine rings is 1. The monoisotopic (exact) mass is 272 g/mol. The summed E-state index contributed by atoms with van der Waals surface area (Å²) < 4.78 is 11.0. The molecule has 0 radical (unpaired) electrons. The summed E-state index contributed by atoms with van der Waals surface area (Å²) >= 11 is 0. The predicted molar refractivity (Wildman–Crippen MR) is 75.2 cm³/mol. The van der Waals surface area contributed by atoms with Crippen molar-refractivity contribution in [1.82, 2.24) is 10.2 Å². The van der Waals surface area contributed by atoms with Crippen molar-refractivity contribution in [3.05, 3.63) is 0 Å². The number of hydrogen-bond donors (Lipinski definition) is 1. The van der Waals surface area contributed by atoms with Crippen LogP contribution in [-0.4, -0.2) is 61.4 Å². The summed E-state index contributed by atoms with van der Waals surface area (Å²) in [5.74, 6) is -0.165. The smallest absolute Gasteiger partial charge is 0.324 e. The van der Waals surface area contributed by atoms with Crippen LogP contribution in [0, 0.1) is 0 Å². The highest BCUT2D eigenvalue weighted by Crippen LogP contribution is 2.20. The Morgan fingerprint density at radius 1 is 1.53 bits per heavy atom. The van der Waals surface area contributed by atoms with Crippen molar-refractivity contribution in [3.8, 4) is 0 Å². The first-order valence-corrected chi connectivity index (χ1v) is 7.18. The Morgan fingerprint density at radius 2 is 2.21 bits per heavy atom. The van der Waals surface area contributed by atoms with Gasteiger partial charge in [-0.3, -0.25) is 9.69 Å². The molecule has 0 saturated carbocycles. The van der Waals surface area contributed by atoms with E-state index in [2.05, 4.69) is 31.0 Å². The van der Waals surface area contributed by atoms with Crippen LogP contribution < -0.4 is 5.32 Å². The van der Waals surface area contributed by atoms with E-state index in [0.29, 0.717) is 13.2 Å². The third kappa shape index (κ3) is 5.47. The van der Waals surface area contributed by atoms with Crippen LogP contribution >= 0.6 is 0 Å². The number of likely N-dealkylation sites (N-methyl/N-ethyl adjacent to an activating group) is 1. The average molecular weight is 272 g/mol. The van der Waals surface area contributed by atoms with Gasteiger partial charge in [-0.05, 0) is 34.2 Å². The second kappa shape index (κ2) is 7.22. The lowest BCUT2D eigenvalue weighted by atomic mass is 10.0. The number of carbonyl (C=O) groups excluding carboxylic acids is 1. The first kappa shape index (κ1) is 16.4. The van der Waals surface area contributed by atoms with Crippen LogP contribution in [0.4, 0.5) is 0 Å². The van der Waals surface area contributed by atoms with Crippen LogP contribution in [0.3, 0.4) is 0 Å². The fourth-order valence-corrected chi connectivity index (χ4v) is 2.69.